The van der Waals surface area contributed by atoms with Crippen molar-refractivity contribution in [2.75, 3.05) is 0 Å². The van der Waals surface area contributed by atoms with Crippen LogP contribution in [0.4, 0.5) is 0 Å². The van der Waals surface area contributed by atoms with Crippen molar-refractivity contribution in [1.82, 2.24) is 5.32 Å². The van der Waals surface area contributed by atoms with Crippen molar-refractivity contribution in [2.24, 2.45) is 11.7 Å². The molecule has 0 aromatic heterocycles. The van der Waals surface area contributed by atoms with Gasteiger partial charge in [-0.05, 0) is 25.3 Å². The third-order valence-electron chi connectivity index (χ3n) is 3.86. The summed E-state index contributed by atoms with van der Waals surface area (Å²) in [4.78, 5) is 34.3. The van der Waals surface area contributed by atoms with E-state index in [9.17, 15) is 19.5 Å². The Morgan fingerprint density at radius 3 is 2.41 bits per heavy atom. The lowest BCUT2D eigenvalue weighted by atomic mass is 9.82. The second kappa shape index (κ2) is 7.93. The molecule has 0 aromatic carbocycles. The van der Waals surface area contributed by atoms with Gasteiger partial charge in [-0.2, -0.15) is 0 Å². The van der Waals surface area contributed by atoms with E-state index >= 15 is 0 Å². The highest BCUT2D eigenvalue weighted by atomic mass is 16.5. The maximum atomic E-state index is 11.7. The minimum Gasteiger partial charge on any atom is -0.478 e. The summed E-state index contributed by atoms with van der Waals surface area (Å²) in [5.41, 5.74) is 5.47. The molecule has 4 N–H and O–H groups in total. The van der Waals surface area contributed by atoms with Crippen molar-refractivity contribution >= 4 is 17.8 Å². The largest absolute Gasteiger partial charge is 0.478 e. The van der Waals surface area contributed by atoms with Crippen LogP contribution in [-0.4, -0.2) is 41.1 Å². The highest BCUT2D eigenvalue weighted by Gasteiger charge is 2.40. The fourth-order valence-electron chi connectivity index (χ4n) is 2.64. The van der Waals surface area contributed by atoms with Crippen LogP contribution in [0.3, 0.4) is 0 Å². The Hall–Kier alpha value is -1.89. The van der Waals surface area contributed by atoms with Crippen LogP contribution in [0.5, 0.6) is 0 Å². The minimum absolute atomic E-state index is 0.0155. The Balaban J connectivity index is 3.14. The zero-order valence-corrected chi connectivity index (χ0v) is 13.2. The highest BCUT2D eigenvalue weighted by Crippen LogP contribution is 2.28. The number of carboxylic acid groups (broad SMARTS) is 1. The number of nitrogens with two attached hydrogens (primary N) is 1. The second-order valence-electron chi connectivity index (χ2n) is 5.48. The molecular weight excluding hydrogens is 288 g/mol. The van der Waals surface area contributed by atoms with Gasteiger partial charge in [0, 0.05) is 12.5 Å². The number of aliphatic carboxylic acids is 1. The maximum absolute atomic E-state index is 11.7. The number of carboxylic acids is 1. The average Bonchev–Trinajstić information content (AvgIpc) is 2.44. The van der Waals surface area contributed by atoms with Crippen molar-refractivity contribution < 1.29 is 24.2 Å². The third-order valence-corrected chi connectivity index (χ3v) is 3.86. The molecule has 0 fully saturated rings. The van der Waals surface area contributed by atoms with Crippen LogP contribution in [0.15, 0.2) is 11.6 Å². The van der Waals surface area contributed by atoms with Gasteiger partial charge < -0.3 is 20.9 Å². The van der Waals surface area contributed by atoms with Gasteiger partial charge in [0.1, 0.15) is 0 Å². The average molecular weight is 312 g/mol. The summed E-state index contributed by atoms with van der Waals surface area (Å²) in [6.45, 7) is 5.25. The number of nitrogens with one attached hydrogen (secondary N) is 1. The Morgan fingerprint density at radius 2 is 2.00 bits per heavy atom. The van der Waals surface area contributed by atoms with Gasteiger partial charge in [-0.25, -0.2) is 4.79 Å². The number of rotatable bonds is 7. The number of carbonyl (C=O) groups is 3. The van der Waals surface area contributed by atoms with Gasteiger partial charge in [0.05, 0.1) is 24.2 Å². The van der Waals surface area contributed by atoms with Gasteiger partial charge in [0.15, 0.2) is 0 Å². The molecule has 0 aliphatic heterocycles. The molecule has 0 radical (unpaired) electrons. The molecule has 7 heteroatoms. The zero-order chi connectivity index (χ0) is 16.9. The number of carbonyl (C=O) groups excluding carboxylic acids is 2. The summed E-state index contributed by atoms with van der Waals surface area (Å²) >= 11 is 0. The van der Waals surface area contributed by atoms with Crippen LogP contribution in [-0.2, 0) is 19.1 Å². The summed E-state index contributed by atoms with van der Waals surface area (Å²) in [7, 11) is 0. The summed E-state index contributed by atoms with van der Waals surface area (Å²) in [6, 6.07) is -0.654. The van der Waals surface area contributed by atoms with E-state index in [1.54, 1.807) is 0 Å². The standard InChI is InChI=1S/C15H24N2O5/c1-4-10(5-2)22-12-7-9(15(20)21)6-11(14(16)19)13(12)17-8(3)18/h7,10-13H,4-6H2,1-3H3,(H2,16,19)(H,17,18)(H,20,21)/t11-,12+,13+/m0/s1. The van der Waals surface area contributed by atoms with Gasteiger partial charge in [-0.3, -0.25) is 9.59 Å². The molecule has 1 aliphatic rings. The molecule has 0 heterocycles. The molecule has 3 atom stereocenters. The SMILES string of the molecule is CCC(CC)O[C@@H]1C=C(C(=O)O)C[C@H](C(N)=O)[C@H]1NC(C)=O. The predicted octanol–water partition coefficient (Wildman–Crippen LogP) is 0.581. The van der Waals surface area contributed by atoms with Crippen molar-refractivity contribution in [2.45, 2.75) is 58.3 Å². The molecule has 7 nitrogen and oxygen atoms in total. The zero-order valence-electron chi connectivity index (χ0n) is 13.2. The van der Waals surface area contributed by atoms with E-state index < -0.39 is 29.9 Å². The van der Waals surface area contributed by atoms with E-state index in [1.165, 1.54) is 13.0 Å². The lowest BCUT2D eigenvalue weighted by Gasteiger charge is -2.36. The third kappa shape index (κ3) is 4.56. The van der Waals surface area contributed by atoms with Crippen LogP contribution in [0, 0.1) is 5.92 Å². The number of primary amides is 1. The first-order valence-electron chi connectivity index (χ1n) is 7.45. The topological polar surface area (TPSA) is 119 Å². The summed E-state index contributed by atoms with van der Waals surface area (Å²) in [5, 5.41) is 11.9. The Labute approximate surface area is 129 Å². The van der Waals surface area contributed by atoms with E-state index in [0.29, 0.717) is 0 Å². The lowest BCUT2D eigenvalue weighted by Crippen LogP contribution is -2.54. The number of ether oxygens (including phenoxy) is 1. The van der Waals surface area contributed by atoms with Crippen molar-refractivity contribution in [3.8, 4) is 0 Å². The number of amides is 2. The van der Waals surface area contributed by atoms with Crippen LogP contribution in [0.1, 0.15) is 40.0 Å². The second-order valence-corrected chi connectivity index (χ2v) is 5.48. The maximum Gasteiger partial charge on any atom is 0.331 e. The number of hydrogen-bond acceptors (Lipinski definition) is 4. The first-order chi connectivity index (χ1) is 10.3. The monoisotopic (exact) mass is 312 g/mol. The van der Waals surface area contributed by atoms with E-state index in [-0.39, 0.29) is 24.0 Å². The minimum atomic E-state index is -1.11. The first kappa shape index (κ1) is 18.2. The summed E-state index contributed by atoms with van der Waals surface area (Å²) < 4.78 is 5.90. The van der Waals surface area contributed by atoms with Crippen LogP contribution >= 0.6 is 0 Å². The molecule has 2 amide bonds. The Kier molecular flexibility index (Phi) is 6.55. The Bertz CT molecular complexity index is 471. The molecule has 0 unspecified atom stereocenters. The van der Waals surface area contributed by atoms with Gasteiger partial charge in [0.25, 0.3) is 0 Å². The van der Waals surface area contributed by atoms with E-state index in [1.807, 2.05) is 13.8 Å². The molecule has 0 saturated carbocycles. The predicted molar refractivity (Wildman–Crippen MR) is 79.9 cm³/mol. The lowest BCUT2D eigenvalue weighted by molar-refractivity contribution is -0.134. The highest BCUT2D eigenvalue weighted by molar-refractivity contribution is 5.89. The summed E-state index contributed by atoms with van der Waals surface area (Å²) in [6.07, 6.45) is 2.18. The quantitative estimate of drug-likeness (QED) is 0.635. The van der Waals surface area contributed by atoms with Gasteiger partial charge in [0.2, 0.25) is 11.8 Å². The molecule has 1 aliphatic carbocycles. The number of hydrogen-bond donors (Lipinski definition) is 3. The van der Waals surface area contributed by atoms with Crippen LogP contribution in [0.2, 0.25) is 0 Å². The van der Waals surface area contributed by atoms with Crippen LogP contribution < -0.4 is 11.1 Å². The molecule has 0 saturated heterocycles. The fourth-order valence-corrected chi connectivity index (χ4v) is 2.64. The molecule has 1 rings (SSSR count). The van der Waals surface area contributed by atoms with Gasteiger partial charge in [-0.1, -0.05) is 13.8 Å². The Morgan fingerprint density at radius 1 is 1.41 bits per heavy atom. The van der Waals surface area contributed by atoms with Crippen LogP contribution in [0.25, 0.3) is 0 Å². The van der Waals surface area contributed by atoms with E-state index in [4.69, 9.17) is 10.5 Å². The molecule has 0 spiro atoms. The molecular formula is C15H24N2O5. The van der Waals surface area contributed by atoms with Gasteiger partial charge >= 0.3 is 5.97 Å². The van der Waals surface area contributed by atoms with E-state index in [2.05, 4.69) is 5.32 Å². The first-order valence-corrected chi connectivity index (χ1v) is 7.45. The normalized spacial score (nSPS) is 24.7. The summed E-state index contributed by atoms with van der Waals surface area (Å²) in [5.74, 6) is -2.88. The van der Waals surface area contributed by atoms with E-state index in [0.717, 1.165) is 12.8 Å². The van der Waals surface area contributed by atoms with Crippen molar-refractivity contribution in [1.29, 1.82) is 0 Å². The molecule has 124 valence electrons. The van der Waals surface area contributed by atoms with Crippen molar-refractivity contribution in [3.63, 3.8) is 0 Å². The molecule has 0 bridgehead atoms. The molecule has 22 heavy (non-hydrogen) atoms. The molecule has 0 aromatic rings. The smallest absolute Gasteiger partial charge is 0.331 e. The van der Waals surface area contributed by atoms with Gasteiger partial charge in [-0.15, -0.1) is 0 Å². The van der Waals surface area contributed by atoms with Crippen molar-refractivity contribution in [3.05, 3.63) is 11.6 Å². The fraction of sp³-hybridized carbons (Fsp3) is 0.667.